The van der Waals surface area contributed by atoms with E-state index >= 15 is 0 Å². The van der Waals surface area contributed by atoms with Gasteiger partial charge in [-0.3, -0.25) is 9.13 Å². The number of nitriles is 2. The minimum atomic E-state index is 0.627. The molecule has 0 aliphatic heterocycles. The van der Waals surface area contributed by atoms with Crippen LogP contribution in [0.2, 0.25) is 0 Å². The lowest BCUT2D eigenvalue weighted by Crippen LogP contribution is -2.04. The van der Waals surface area contributed by atoms with E-state index in [0.717, 1.165) is 82.7 Å². The van der Waals surface area contributed by atoms with Crippen LogP contribution in [0.15, 0.2) is 146 Å². The third kappa shape index (κ3) is 3.77. The average molecular weight is 625 g/mol. The maximum Gasteiger partial charge on any atom is 0.140 e. The zero-order valence-corrected chi connectivity index (χ0v) is 26.0. The molecule has 49 heavy (non-hydrogen) atoms. The van der Waals surface area contributed by atoms with Gasteiger partial charge in [0.1, 0.15) is 11.6 Å². The summed E-state index contributed by atoms with van der Waals surface area (Å²) in [6.45, 7) is 0. The lowest BCUT2D eigenvalue weighted by molar-refractivity contribution is 1.01. The van der Waals surface area contributed by atoms with Crippen LogP contribution < -0.4 is 0 Å². The lowest BCUT2D eigenvalue weighted by atomic mass is 10.1. The second kappa shape index (κ2) is 10.2. The van der Waals surface area contributed by atoms with Crippen molar-refractivity contribution in [2.75, 3.05) is 0 Å². The summed E-state index contributed by atoms with van der Waals surface area (Å²) in [6.07, 6.45) is 0. The van der Waals surface area contributed by atoms with Crippen molar-refractivity contribution in [3.05, 3.63) is 157 Å². The van der Waals surface area contributed by atoms with Crippen LogP contribution in [0.4, 0.5) is 0 Å². The Labute approximate surface area is 280 Å². The Balaban J connectivity index is 1.34. The molecule has 0 saturated carbocycles. The standard InChI is InChI=1S/C43H24N6/c44-25-27-18-22-39-34(23-27)31-12-5-6-13-36(31)48(39)40-15-8-16-41(46-40)49-37-14-7-4-11-30(37)32-19-20-33-35-24-28(26-45)17-21-38(35)47(42(33)43(32)49)29-9-2-1-3-10-29/h1-24H. The van der Waals surface area contributed by atoms with Crippen molar-refractivity contribution in [2.24, 2.45) is 0 Å². The summed E-state index contributed by atoms with van der Waals surface area (Å²) < 4.78 is 6.78. The van der Waals surface area contributed by atoms with Gasteiger partial charge < -0.3 is 4.57 Å². The summed E-state index contributed by atoms with van der Waals surface area (Å²) in [5, 5.41) is 25.9. The van der Waals surface area contributed by atoms with Gasteiger partial charge >= 0.3 is 0 Å². The van der Waals surface area contributed by atoms with E-state index in [0.29, 0.717) is 11.1 Å². The molecule has 6 nitrogen and oxygen atoms in total. The number of nitrogens with zero attached hydrogens (tertiary/aromatic N) is 6. The second-order valence-corrected chi connectivity index (χ2v) is 12.3. The fourth-order valence-electron chi connectivity index (χ4n) is 7.65. The first-order valence-electron chi connectivity index (χ1n) is 16.1. The van der Waals surface area contributed by atoms with Gasteiger partial charge in [-0.15, -0.1) is 0 Å². The summed E-state index contributed by atoms with van der Waals surface area (Å²) in [4.78, 5) is 5.40. The van der Waals surface area contributed by atoms with E-state index in [1.807, 2.05) is 54.6 Å². The Morgan fingerprint density at radius 1 is 0.388 bits per heavy atom. The Bertz CT molecular complexity index is 3070. The third-order valence-corrected chi connectivity index (χ3v) is 9.68. The van der Waals surface area contributed by atoms with Crippen molar-refractivity contribution < 1.29 is 0 Å². The van der Waals surface area contributed by atoms with Crippen LogP contribution in [0.3, 0.4) is 0 Å². The van der Waals surface area contributed by atoms with E-state index in [4.69, 9.17) is 4.98 Å². The Morgan fingerprint density at radius 3 is 1.55 bits per heavy atom. The van der Waals surface area contributed by atoms with Crippen molar-refractivity contribution in [3.63, 3.8) is 0 Å². The predicted molar refractivity (Wildman–Crippen MR) is 197 cm³/mol. The number of hydrogen-bond donors (Lipinski definition) is 0. The largest absolute Gasteiger partial charge is 0.307 e. The number of hydrogen-bond acceptors (Lipinski definition) is 3. The topological polar surface area (TPSA) is 75.3 Å². The molecule has 0 aliphatic carbocycles. The van der Waals surface area contributed by atoms with E-state index in [1.165, 1.54) is 0 Å². The molecule has 0 unspecified atom stereocenters. The van der Waals surface area contributed by atoms with Crippen LogP contribution in [0.5, 0.6) is 0 Å². The molecular formula is C43H24N6. The van der Waals surface area contributed by atoms with Gasteiger partial charge in [-0.25, -0.2) is 4.98 Å². The van der Waals surface area contributed by atoms with Crippen LogP contribution in [0.1, 0.15) is 11.1 Å². The van der Waals surface area contributed by atoms with Gasteiger partial charge in [-0.05, 0) is 72.8 Å². The van der Waals surface area contributed by atoms with E-state index in [1.54, 1.807) is 0 Å². The minimum absolute atomic E-state index is 0.627. The highest BCUT2D eigenvalue weighted by Crippen LogP contribution is 2.42. The van der Waals surface area contributed by atoms with E-state index in [2.05, 4.69) is 117 Å². The Hall–Kier alpha value is -7.15. The van der Waals surface area contributed by atoms with Gasteiger partial charge in [0.2, 0.25) is 0 Å². The second-order valence-electron chi connectivity index (χ2n) is 12.3. The molecule has 4 aromatic heterocycles. The molecule has 0 aliphatic rings. The van der Waals surface area contributed by atoms with Crippen molar-refractivity contribution in [3.8, 4) is 29.5 Å². The number of pyridine rings is 1. The van der Waals surface area contributed by atoms with Crippen LogP contribution in [0, 0.1) is 22.7 Å². The molecule has 0 radical (unpaired) electrons. The van der Waals surface area contributed by atoms with Gasteiger partial charge in [0.25, 0.3) is 0 Å². The van der Waals surface area contributed by atoms with Gasteiger partial charge in [-0.1, -0.05) is 72.8 Å². The Morgan fingerprint density at radius 2 is 0.878 bits per heavy atom. The van der Waals surface area contributed by atoms with E-state index in [-0.39, 0.29) is 0 Å². The molecule has 10 rings (SSSR count). The van der Waals surface area contributed by atoms with Crippen LogP contribution >= 0.6 is 0 Å². The maximum absolute atomic E-state index is 9.83. The minimum Gasteiger partial charge on any atom is -0.307 e. The smallest absolute Gasteiger partial charge is 0.140 e. The monoisotopic (exact) mass is 624 g/mol. The third-order valence-electron chi connectivity index (χ3n) is 9.68. The van der Waals surface area contributed by atoms with Crippen molar-refractivity contribution in [1.29, 1.82) is 10.5 Å². The van der Waals surface area contributed by atoms with Gasteiger partial charge in [0.15, 0.2) is 0 Å². The summed E-state index contributed by atoms with van der Waals surface area (Å²) in [5.74, 6) is 1.58. The van der Waals surface area contributed by atoms with Crippen LogP contribution in [-0.4, -0.2) is 18.7 Å². The molecule has 0 fully saturated rings. The maximum atomic E-state index is 9.83. The molecule has 0 amide bonds. The molecule has 10 aromatic rings. The first kappa shape index (κ1) is 27.0. The normalized spacial score (nSPS) is 11.6. The zero-order chi connectivity index (χ0) is 32.6. The molecule has 0 atom stereocenters. The molecule has 0 N–H and O–H groups in total. The van der Waals surface area contributed by atoms with Gasteiger partial charge in [0.05, 0.1) is 56.4 Å². The summed E-state index contributed by atoms with van der Waals surface area (Å²) in [6, 6.07) is 54.1. The molecule has 0 bridgehead atoms. The average Bonchev–Trinajstić information content (AvgIpc) is 3.80. The van der Waals surface area contributed by atoms with E-state index in [9.17, 15) is 10.5 Å². The number of rotatable bonds is 3. The number of benzene rings is 6. The summed E-state index contributed by atoms with van der Waals surface area (Å²) in [7, 11) is 0. The molecule has 4 heterocycles. The van der Waals surface area contributed by atoms with Crippen molar-refractivity contribution >= 4 is 65.4 Å². The number of fused-ring (bicyclic) bond motifs is 10. The first-order valence-corrected chi connectivity index (χ1v) is 16.1. The fraction of sp³-hybridized carbons (Fsp3) is 0. The Kier molecular flexibility index (Phi) is 5.61. The molecule has 6 aromatic carbocycles. The lowest BCUT2D eigenvalue weighted by Gasteiger charge is -2.13. The first-order chi connectivity index (χ1) is 24.2. The number of para-hydroxylation sites is 3. The van der Waals surface area contributed by atoms with Gasteiger partial charge in [0, 0.05) is 38.0 Å². The molecule has 0 saturated heterocycles. The highest BCUT2D eigenvalue weighted by atomic mass is 15.1. The molecule has 226 valence electrons. The fourth-order valence-corrected chi connectivity index (χ4v) is 7.65. The van der Waals surface area contributed by atoms with Crippen molar-refractivity contribution in [2.45, 2.75) is 0 Å². The van der Waals surface area contributed by atoms with Crippen LogP contribution in [0.25, 0.3) is 82.7 Å². The van der Waals surface area contributed by atoms with E-state index < -0.39 is 0 Å². The molecular weight excluding hydrogens is 601 g/mol. The quantitative estimate of drug-likeness (QED) is 0.196. The SMILES string of the molecule is N#Cc1ccc2c(c1)c1ccccc1n2-c1cccc(-n2c3ccccc3c3ccc4c5cc(C#N)ccc5n(-c5ccccc5)c4c32)n1. The van der Waals surface area contributed by atoms with Crippen LogP contribution in [-0.2, 0) is 0 Å². The van der Waals surface area contributed by atoms with Gasteiger partial charge in [-0.2, -0.15) is 10.5 Å². The highest BCUT2D eigenvalue weighted by molar-refractivity contribution is 6.24. The van der Waals surface area contributed by atoms with Crippen molar-refractivity contribution in [1.82, 2.24) is 18.7 Å². The predicted octanol–water partition coefficient (Wildman–Crippen LogP) is 10.1. The zero-order valence-electron chi connectivity index (χ0n) is 26.0. The molecule has 0 spiro atoms. The number of aromatic nitrogens is 4. The molecule has 6 heteroatoms. The highest BCUT2D eigenvalue weighted by Gasteiger charge is 2.22. The summed E-state index contributed by atoms with van der Waals surface area (Å²) >= 11 is 0. The summed E-state index contributed by atoms with van der Waals surface area (Å²) in [5.41, 5.74) is 8.50.